The first kappa shape index (κ1) is 11.6. The van der Waals surface area contributed by atoms with Crippen LogP contribution in [0, 0.1) is 0 Å². The fourth-order valence-corrected chi connectivity index (χ4v) is 2.37. The SMILES string of the molecule is O=P(O)(CCCCl)Oc1ccccc1. The van der Waals surface area contributed by atoms with E-state index in [1.807, 2.05) is 6.07 Å². The van der Waals surface area contributed by atoms with Gasteiger partial charge in [0.1, 0.15) is 5.75 Å². The summed E-state index contributed by atoms with van der Waals surface area (Å²) >= 11 is 5.42. The minimum atomic E-state index is -3.52. The Balaban J connectivity index is 2.55. The third-order valence-corrected chi connectivity index (χ3v) is 3.21. The number of para-hydroxylation sites is 1. The maximum atomic E-state index is 11.4. The Kier molecular flexibility index (Phi) is 4.46. The van der Waals surface area contributed by atoms with E-state index in [0.717, 1.165) is 0 Å². The van der Waals surface area contributed by atoms with E-state index in [0.29, 0.717) is 18.1 Å². The normalized spacial score (nSPS) is 14.7. The molecule has 0 fully saturated rings. The third kappa shape index (κ3) is 4.14. The van der Waals surface area contributed by atoms with Gasteiger partial charge < -0.3 is 9.42 Å². The van der Waals surface area contributed by atoms with Crippen LogP contribution < -0.4 is 4.52 Å². The lowest BCUT2D eigenvalue weighted by atomic mass is 10.3. The highest BCUT2D eigenvalue weighted by Crippen LogP contribution is 2.42. The Labute approximate surface area is 88.2 Å². The molecule has 1 unspecified atom stereocenters. The number of rotatable bonds is 5. The predicted molar refractivity (Wildman–Crippen MR) is 57.1 cm³/mol. The van der Waals surface area contributed by atoms with Crippen LogP contribution in [-0.2, 0) is 4.57 Å². The fraction of sp³-hybridized carbons (Fsp3) is 0.333. The van der Waals surface area contributed by atoms with Crippen molar-refractivity contribution in [2.45, 2.75) is 6.42 Å². The van der Waals surface area contributed by atoms with Crippen molar-refractivity contribution in [1.29, 1.82) is 0 Å². The monoisotopic (exact) mass is 234 g/mol. The minimum Gasteiger partial charge on any atom is -0.424 e. The first-order chi connectivity index (χ1) is 6.64. The molecule has 0 aliphatic heterocycles. The summed E-state index contributed by atoms with van der Waals surface area (Å²) in [6.45, 7) is 0. The van der Waals surface area contributed by atoms with E-state index >= 15 is 0 Å². The Morgan fingerprint density at radius 3 is 2.57 bits per heavy atom. The maximum absolute atomic E-state index is 11.4. The van der Waals surface area contributed by atoms with E-state index in [2.05, 4.69) is 0 Å². The summed E-state index contributed by atoms with van der Waals surface area (Å²) < 4.78 is 16.4. The van der Waals surface area contributed by atoms with Crippen LogP contribution in [0.2, 0.25) is 0 Å². The molecule has 0 aliphatic carbocycles. The molecule has 0 saturated carbocycles. The number of hydrogen-bond donors (Lipinski definition) is 1. The lowest BCUT2D eigenvalue weighted by molar-refractivity contribution is 0.379. The van der Waals surface area contributed by atoms with E-state index in [1.165, 1.54) is 0 Å². The summed E-state index contributed by atoms with van der Waals surface area (Å²) in [5.41, 5.74) is 0. The minimum absolute atomic E-state index is 0.0887. The number of hydrogen-bond acceptors (Lipinski definition) is 2. The molecule has 0 saturated heterocycles. The second-order valence-electron chi connectivity index (χ2n) is 2.81. The summed E-state index contributed by atoms with van der Waals surface area (Å²) in [5.74, 6) is 0.774. The van der Waals surface area contributed by atoms with Gasteiger partial charge in [-0.3, -0.25) is 0 Å². The van der Waals surface area contributed by atoms with E-state index in [-0.39, 0.29) is 6.16 Å². The Morgan fingerprint density at radius 2 is 2.00 bits per heavy atom. The second kappa shape index (κ2) is 5.40. The van der Waals surface area contributed by atoms with Crippen LogP contribution in [0.15, 0.2) is 30.3 Å². The number of alkyl halides is 1. The maximum Gasteiger partial charge on any atom is 0.376 e. The van der Waals surface area contributed by atoms with Crippen LogP contribution in [0.1, 0.15) is 6.42 Å². The smallest absolute Gasteiger partial charge is 0.376 e. The van der Waals surface area contributed by atoms with Gasteiger partial charge >= 0.3 is 7.60 Å². The Morgan fingerprint density at radius 1 is 1.36 bits per heavy atom. The molecule has 0 spiro atoms. The van der Waals surface area contributed by atoms with Gasteiger partial charge in [0.05, 0.1) is 6.16 Å². The third-order valence-electron chi connectivity index (χ3n) is 1.57. The highest BCUT2D eigenvalue weighted by Gasteiger charge is 2.19. The summed E-state index contributed by atoms with van der Waals surface area (Å²) in [7, 11) is -3.52. The average molecular weight is 235 g/mol. The van der Waals surface area contributed by atoms with Gasteiger partial charge in [0.25, 0.3) is 0 Å². The van der Waals surface area contributed by atoms with Gasteiger partial charge in [-0.05, 0) is 18.6 Å². The van der Waals surface area contributed by atoms with Crippen LogP contribution in [-0.4, -0.2) is 16.9 Å². The van der Waals surface area contributed by atoms with Gasteiger partial charge in [-0.2, -0.15) is 0 Å². The summed E-state index contributed by atoms with van der Waals surface area (Å²) in [6.07, 6.45) is 0.563. The van der Waals surface area contributed by atoms with Crippen molar-refractivity contribution in [3.8, 4) is 5.75 Å². The Hall–Kier alpha value is -0.500. The zero-order valence-electron chi connectivity index (χ0n) is 7.60. The van der Waals surface area contributed by atoms with Crippen LogP contribution in [0.5, 0.6) is 5.75 Å². The standard InChI is InChI=1S/C9H12ClO3P/c10-7-4-8-14(11,12)13-9-5-2-1-3-6-9/h1-3,5-6H,4,7-8H2,(H,11,12). The van der Waals surface area contributed by atoms with Gasteiger partial charge in [0, 0.05) is 5.88 Å². The number of halogens is 1. The zero-order chi connectivity index (χ0) is 10.4. The quantitative estimate of drug-likeness (QED) is 0.629. The molecular weight excluding hydrogens is 223 g/mol. The van der Waals surface area contributed by atoms with Gasteiger partial charge in [-0.15, -0.1) is 11.6 Å². The molecule has 1 atom stereocenters. The van der Waals surface area contributed by atoms with Crippen molar-refractivity contribution in [2.75, 3.05) is 12.0 Å². The molecule has 0 heterocycles. The molecule has 0 aliphatic rings. The molecule has 1 aromatic rings. The molecule has 14 heavy (non-hydrogen) atoms. The molecule has 5 heteroatoms. The summed E-state index contributed by atoms with van der Waals surface area (Å²) in [4.78, 5) is 9.37. The van der Waals surface area contributed by atoms with Crippen molar-refractivity contribution >= 4 is 19.2 Å². The topological polar surface area (TPSA) is 46.5 Å². The molecule has 0 radical (unpaired) electrons. The largest absolute Gasteiger partial charge is 0.424 e. The van der Waals surface area contributed by atoms with Gasteiger partial charge in [-0.25, -0.2) is 4.57 Å². The lowest BCUT2D eigenvalue weighted by Gasteiger charge is -2.12. The Bertz CT molecular complexity index is 315. The van der Waals surface area contributed by atoms with Crippen molar-refractivity contribution in [1.82, 2.24) is 0 Å². The van der Waals surface area contributed by atoms with Crippen molar-refractivity contribution in [3.05, 3.63) is 30.3 Å². The van der Waals surface area contributed by atoms with Crippen molar-refractivity contribution in [3.63, 3.8) is 0 Å². The van der Waals surface area contributed by atoms with Crippen LogP contribution in [0.25, 0.3) is 0 Å². The van der Waals surface area contributed by atoms with E-state index < -0.39 is 7.60 Å². The highest BCUT2D eigenvalue weighted by molar-refractivity contribution is 7.53. The van der Waals surface area contributed by atoms with Gasteiger partial charge in [0.2, 0.25) is 0 Å². The molecule has 0 aromatic heterocycles. The lowest BCUT2D eigenvalue weighted by Crippen LogP contribution is -1.97. The van der Waals surface area contributed by atoms with E-state index in [1.54, 1.807) is 24.3 Å². The number of benzene rings is 1. The van der Waals surface area contributed by atoms with Crippen molar-refractivity contribution in [2.24, 2.45) is 0 Å². The molecule has 1 aromatic carbocycles. The first-order valence-electron chi connectivity index (χ1n) is 4.26. The molecule has 1 N–H and O–H groups in total. The van der Waals surface area contributed by atoms with Crippen LogP contribution in [0.4, 0.5) is 0 Å². The molecule has 0 amide bonds. The molecule has 1 rings (SSSR count). The first-order valence-corrected chi connectivity index (χ1v) is 6.56. The highest BCUT2D eigenvalue weighted by atomic mass is 35.5. The summed E-state index contributed by atoms with van der Waals surface area (Å²) in [6, 6.07) is 8.59. The molecule has 0 bridgehead atoms. The van der Waals surface area contributed by atoms with Crippen LogP contribution >= 0.6 is 19.2 Å². The van der Waals surface area contributed by atoms with Gasteiger partial charge in [-0.1, -0.05) is 18.2 Å². The molecular formula is C9H12ClO3P. The fourth-order valence-electron chi connectivity index (χ4n) is 0.951. The van der Waals surface area contributed by atoms with Crippen LogP contribution in [0.3, 0.4) is 0 Å². The van der Waals surface area contributed by atoms with Crippen molar-refractivity contribution < 1.29 is 14.0 Å². The second-order valence-corrected chi connectivity index (χ2v) is 5.09. The van der Waals surface area contributed by atoms with Gasteiger partial charge in [0.15, 0.2) is 0 Å². The molecule has 78 valence electrons. The average Bonchev–Trinajstić information content (AvgIpc) is 2.16. The molecule has 3 nitrogen and oxygen atoms in total. The predicted octanol–water partition coefficient (Wildman–Crippen LogP) is 2.88. The van der Waals surface area contributed by atoms with E-state index in [4.69, 9.17) is 16.1 Å². The zero-order valence-corrected chi connectivity index (χ0v) is 9.25. The summed E-state index contributed by atoms with van der Waals surface area (Å²) in [5, 5.41) is 0. The van der Waals surface area contributed by atoms with E-state index in [9.17, 15) is 9.46 Å².